The average Bonchev–Trinajstić information content (AvgIpc) is 2.22. The van der Waals surface area contributed by atoms with E-state index < -0.39 is 0 Å². The smallest absolute Gasteiger partial charge is 0.129 e. The van der Waals surface area contributed by atoms with Gasteiger partial charge in [0.25, 0.3) is 0 Å². The molecule has 0 heterocycles. The minimum Gasteiger partial charge on any atom is -0.377 e. The monoisotopic (exact) mass is 231 g/mol. The molecule has 0 atom stereocenters. The van der Waals surface area contributed by atoms with Crippen molar-refractivity contribution in [3.8, 4) is 12.1 Å². The summed E-state index contributed by atoms with van der Waals surface area (Å²) in [4.78, 5) is 2.22. The third-order valence-corrected chi connectivity index (χ3v) is 2.00. The molecule has 0 N–H and O–H groups in total. The van der Waals surface area contributed by atoms with E-state index in [2.05, 4.69) is 32.6 Å². The first-order chi connectivity index (χ1) is 7.99. The fraction of sp³-hybridized carbons (Fsp3) is 0.571. The van der Waals surface area contributed by atoms with E-state index in [0.717, 1.165) is 13.1 Å². The molecule has 3 heteroatoms. The SMILES string of the molecule is CC(C)CN(C=CC=C(C#N)C#N)CC(C)C. The van der Waals surface area contributed by atoms with Crippen LogP contribution in [0.15, 0.2) is 23.9 Å². The lowest BCUT2D eigenvalue weighted by Gasteiger charge is -2.24. The van der Waals surface area contributed by atoms with Gasteiger partial charge >= 0.3 is 0 Å². The summed E-state index contributed by atoms with van der Waals surface area (Å²) in [6.45, 7) is 10.7. The first-order valence-electron chi connectivity index (χ1n) is 5.92. The predicted molar refractivity (Wildman–Crippen MR) is 69.7 cm³/mol. The first-order valence-corrected chi connectivity index (χ1v) is 5.92. The minimum absolute atomic E-state index is 0.135. The second-order valence-electron chi connectivity index (χ2n) is 4.89. The van der Waals surface area contributed by atoms with E-state index in [-0.39, 0.29) is 5.57 Å². The number of rotatable bonds is 6. The quantitative estimate of drug-likeness (QED) is 0.521. The Labute approximate surface area is 105 Å². The van der Waals surface area contributed by atoms with Crippen LogP contribution in [-0.2, 0) is 0 Å². The third kappa shape index (κ3) is 8.11. The van der Waals surface area contributed by atoms with Crippen molar-refractivity contribution in [2.75, 3.05) is 13.1 Å². The standard InChI is InChI=1S/C14H21N3/c1-12(2)10-17(11-13(3)4)7-5-6-14(8-15)9-16/h5-7,12-13H,10-11H2,1-4H3. The van der Waals surface area contributed by atoms with Crippen LogP contribution in [0.1, 0.15) is 27.7 Å². The second kappa shape index (κ2) is 8.42. The van der Waals surface area contributed by atoms with E-state index in [1.807, 2.05) is 18.3 Å². The lowest BCUT2D eigenvalue weighted by molar-refractivity contribution is 0.296. The van der Waals surface area contributed by atoms with Crippen molar-refractivity contribution in [2.45, 2.75) is 27.7 Å². The van der Waals surface area contributed by atoms with E-state index in [0.29, 0.717) is 11.8 Å². The molecular weight excluding hydrogens is 210 g/mol. The Kier molecular flexibility index (Phi) is 7.55. The third-order valence-electron chi connectivity index (χ3n) is 2.00. The predicted octanol–water partition coefficient (Wildman–Crippen LogP) is 3.09. The zero-order valence-corrected chi connectivity index (χ0v) is 11.1. The van der Waals surface area contributed by atoms with Crippen molar-refractivity contribution in [2.24, 2.45) is 11.8 Å². The largest absolute Gasteiger partial charge is 0.377 e. The van der Waals surface area contributed by atoms with Crippen LogP contribution in [0.2, 0.25) is 0 Å². The summed E-state index contributed by atoms with van der Waals surface area (Å²) in [5, 5.41) is 17.2. The number of hydrogen-bond donors (Lipinski definition) is 0. The van der Waals surface area contributed by atoms with Gasteiger partial charge in [0.2, 0.25) is 0 Å². The highest BCUT2D eigenvalue weighted by Gasteiger charge is 2.04. The van der Waals surface area contributed by atoms with Crippen molar-refractivity contribution in [1.29, 1.82) is 10.5 Å². The Bertz CT molecular complexity index is 325. The van der Waals surface area contributed by atoms with Gasteiger partial charge in [-0.2, -0.15) is 10.5 Å². The molecule has 0 unspecified atom stereocenters. The molecule has 0 saturated carbocycles. The molecule has 0 rings (SSSR count). The highest BCUT2D eigenvalue weighted by molar-refractivity contribution is 5.37. The van der Waals surface area contributed by atoms with Crippen LogP contribution in [0.5, 0.6) is 0 Å². The summed E-state index contributed by atoms with van der Waals surface area (Å²) in [7, 11) is 0. The summed E-state index contributed by atoms with van der Waals surface area (Å²) in [6.07, 6.45) is 5.27. The minimum atomic E-state index is 0.135. The summed E-state index contributed by atoms with van der Waals surface area (Å²) >= 11 is 0. The van der Waals surface area contributed by atoms with Gasteiger partial charge in [-0.25, -0.2) is 0 Å². The average molecular weight is 231 g/mol. The molecule has 0 amide bonds. The zero-order chi connectivity index (χ0) is 13.3. The van der Waals surface area contributed by atoms with Gasteiger partial charge in [-0.1, -0.05) is 27.7 Å². The Morgan fingerprint density at radius 3 is 1.88 bits per heavy atom. The van der Waals surface area contributed by atoms with Gasteiger partial charge < -0.3 is 4.90 Å². The van der Waals surface area contributed by atoms with Gasteiger partial charge in [-0.3, -0.25) is 0 Å². The molecule has 0 aliphatic rings. The molecule has 17 heavy (non-hydrogen) atoms. The van der Waals surface area contributed by atoms with Gasteiger partial charge in [0, 0.05) is 13.1 Å². The Hall–Kier alpha value is -1.74. The van der Waals surface area contributed by atoms with Gasteiger partial charge in [-0.15, -0.1) is 0 Å². The molecule has 0 aromatic carbocycles. The van der Waals surface area contributed by atoms with E-state index in [1.165, 1.54) is 0 Å². The number of hydrogen-bond acceptors (Lipinski definition) is 3. The first kappa shape index (κ1) is 15.3. The van der Waals surface area contributed by atoms with E-state index >= 15 is 0 Å². The molecule has 3 nitrogen and oxygen atoms in total. The highest BCUT2D eigenvalue weighted by Crippen LogP contribution is 2.04. The van der Waals surface area contributed by atoms with Crippen molar-refractivity contribution >= 4 is 0 Å². The molecule has 0 bridgehead atoms. The van der Waals surface area contributed by atoms with Crippen molar-refractivity contribution < 1.29 is 0 Å². The molecule has 0 saturated heterocycles. The fourth-order valence-corrected chi connectivity index (χ4v) is 1.49. The topological polar surface area (TPSA) is 50.8 Å². The summed E-state index contributed by atoms with van der Waals surface area (Å²) in [5.74, 6) is 1.18. The summed E-state index contributed by atoms with van der Waals surface area (Å²) < 4.78 is 0. The van der Waals surface area contributed by atoms with E-state index in [9.17, 15) is 0 Å². The maximum Gasteiger partial charge on any atom is 0.129 e. The van der Waals surface area contributed by atoms with Crippen LogP contribution in [0, 0.1) is 34.5 Å². The molecule has 0 fully saturated rings. The molecule has 0 aliphatic heterocycles. The zero-order valence-electron chi connectivity index (χ0n) is 11.1. The van der Waals surface area contributed by atoms with Crippen molar-refractivity contribution in [1.82, 2.24) is 4.90 Å². The van der Waals surface area contributed by atoms with Crippen molar-refractivity contribution in [3.05, 3.63) is 23.9 Å². The lowest BCUT2D eigenvalue weighted by atomic mass is 10.1. The molecule has 0 spiro atoms. The van der Waals surface area contributed by atoms with Crippen LogP contribution in [-0.4, -0.2) is 18.0 Å². The van der Waals surface area contributed by atoms with Gasteiger partial charge in [0.05, 0.1) is 0 Å². The lowest BCUT2D eigenvalue weighted by Crippen LogP contribution is -2.26. The normalized spacial score (nSPS) is 10.4. The van der Waals surface area contributed by atoms with E-state index in [1.54, 1.807) is 12.2 Å². The molecule has 0 radical (unpaired) electrons. The molecular formula is C14H21N3. The van der Waals surface area contributed by atoms with Crippen LogP contribution in [0.4, 0.5) is 0 Å². The fourth-order valence-electron chi connectivity index (χ4n) is 1.49. The van der Waals surface area contributed by atoms with E-state index in [4.69, 9.17) is 10.5 Å². The van der Waals surface area contributed by atoms with Gasteiger partial charge in [0.1, 0.15) is 17.7 Å². The maximum atomic E-state index is 8.59. The van der Waals surface area contributed by atoms with Crippen molar-refractivity contribution in [3.63, 3.8) is 0 Å². The molecule has 92 valence electrons. The van der Waals surface area contributed by atoms with Gasteiger partial charge in [-0.05, 0) is 30.2 Å². The number of allylic oxidation sites excluding steroid dienone is 3. The second-order valence-corrected chi connectivity index (χ2v) is 4.89. The highest BCUT2D eigenvalue weighted by atomic mass is 15.1. The summed E-state index contributed by atoms with van der Waals surface area (Å²) in [5.41, 5.74) is 0.135. The molecule has 0 aromatic rings. The van der Waals surface area contributed by atoms with Crippen LogP contribution in [0.3, 0.4) is 0 Å². The van der Waals surface area contributed by atoms with Crippen LogP contribution >= 0.6 is 0 Å². The van der Waals surface area contributed by atoms with Crippen LogP contribution < -0.4 is 0 Å². The van der Waals surface area contributed by atoms with Crippen LogP contribution in [0.25, 0.3) is 0 Å². The van der Waals surface area contributed by atoms with Gasteiger partial charge in [0.15, 0.2) is 0 Å². The molecule has 0 aliphatic carbocycles. The summed E-state index contributed by atoms with van der Waals surface area (Å²) in [6, 6.07) is 3.67. The number of nitriles is 2. The Morgan fingerprint density at radius 2 is 1.53 bits per heavy atom. The molecule has 0 aromatic heterocycles. The Morgan fingerprint density at radius 1 is 1.06 bits per heavy atom. The Balaban J connectivity index is 4.53. The number of nitrogens with zero attached hydrogens (tertiary/aromatic N) is 3. The maximum absolute atomic E-state index is 8.59.